The van der Waals surface area contributed by atoms with E-state index in [2.05, 4.69) is 15.3 Å². The fourth-order valence-electron chi connectivity index (χ4n) is 1.27. The van der Waals surface area contributed by atoms with Gasteiger partial charge in [-0.05, 0) is 6.07 Å². The Labute approximate surface area is 82.5 Å². The molecule has 14 heavy (non-hydrogen) atoms. The summed E-state index contributed by atoms with van der Waals surface area (Å²) in [5.41, 5.74) is 0. The number of ether oxygens (including phenoxy) is 2. The molecular weight excluding hydrogens is 182 g/mol. The predicted molar refractivity (Wildman–Crippen MR) is 51.1 cm³/mol. The Morgan fingerprint density at radius 2 is 2.50 bits per heavy atom. The molecule has 1 aliphatic heterocycles. The fraction of sp³-hybridized carbons (Fsp3) is 0.556. The lowest BCUT2D eigenvalue weighted by atomic mass is 10.3. The molecule has 1 atom stereocenters. The van der Waals surface area contributed by atoms with Crippen LogP contribution in [0.2, 0.25) is 0 Å². The van der Waals surface area contributed by atoms with Gasteiger partial charge in [0.1, 0.15) is 12.1 Å². The molecule has 0 saturated carbocycles. The highest BCUT2D eigenvalue weighted by Crippen LogP contribution is 2.03. The zero-order valence-corrected chi connectivity index (χ0v) is 7.85. The lowest BCUT2D eigenvalue weighted by Gasteiger charge is -2.23. The van der Waals surface area contributed by atoms with Crippen LogP contribution in [0.4, 0.5) is 5.82 Å². The van der Waals surface area contributed by atoms with E-state index in [0.717, 1.165) is 12.4 Å². The molecule has 76 valence electrons. The van der Waals surface area contributed by atoms with Crippen molar-refractivity contribution in [3.05, 3.63) is 18.6 Å². The highest BCUT2D eigenvalue weighted by molar-refractivity contribution is 5.31. The van der Waals surface area contributed by atoms with Crippen LogP contribution in [-0.2, 0) is 9.47 Å². The first-order valence-electron chi connectivity index (χ1n) is 4.64. The van der Waals surface area contributed by atoms with Crippen LogP contribution in [0.1, 0.15) is 0 Å². The van der Waals surface area contributed by atoms with Crippen molar-refractivity contribution in [1.82, 2.24) is 9.97 Å². The molecule has 0 spiro atoms. The number of anilines is 1. The second-order valence-electron chi connectivity index (χ2n) is 3.04. The Balaban J connectivity index is 1.76. The van der Waals surface area contributed by atoms with Gasteiger partial charge in [-0.15, -0.1) is 0 Å². The molecule has 5 nitrogen and oxygen atoms in total. The summed E-state index contributed by atoms with van der Waals surface area (Å²) in [5, 5.41) is 3.16. The molecule has 1 aromatic heterocycles. The summed E-state index contributed by atoms with van der Waals surface area (Å²) in [6, 6.07) is 1.82. The van der Waals surface area contributed by atoms with E-state index in [0.29, 0.717) is 19.8 Å². The minimum absolute atomic E-state index is 0.124. The summed E-state index contributed by atoms with van der Waals surface area (Å²) in [5.74, 6) is 0.814. The van der Waals surface area contributed by atoms with Gasteiger partial charge in [-0.25, -0.2) is 9.97 Å². The fourth-order valence-corrected chi connectivity index (χ4v) is 1.27. The van der Waals surface area contributed by atoms with Crippen molar-refractivity contribution in [1.29, 1.82) is 0 Å². The van der Waals surface area contributed by atoms with Gasteiger partial charge in [-0.2, -0.15) is 0 Å². The summed E-state index contributed by atoms with van der Waals surface area (Å²) in [6.07, 6.45) is 3.34. The topological polar surface area (TPSA) is 56.3 Å². The largest absolute Gasteiger partial charge is 0.376 e. The number of nitrogens with zero attached hydrogens (tertiary/aromatic N) is 2. The van der Waals surface area contributed by atoms with Crippen LogP contribution in [0.5, 0.6) is 0 Å². The highest BCUT2D eigenvalue weighted by Gasteiger charge is 2.13. The Hall–Kier alpha value is -1.20. The van der Waals surface area contributed by atoms with Gasteiger partial charge in [0.25, 0.3) is 0 Å². The van der Waals surface area contributed by atoms with E-state index in [-0.39, 0.29) is 6.10 Å². The molecule has 1 fully saturated rings. The van der Waals surface area contributed by atoms with Crippen LogP contribution in [0.15, 0.2) is 18.6 Å². The monoisotopic (exact) mass is 195 g/mol. The average molecular weight is 195 g/mol. The normalized spacial score (nSPS) is 21.9. The van der Waals surface area contributed by atoms with Gasteiger partial charge in [0.2, 0.25) is 0 Å². The molecule has 0 aliphatic carbocycles. The Kier molecular flexibility index (Phi) is 3.26. The molecule has 2 rings (SSSR count). The second-order valence-corrected chi connectivity index (χ2v) is 3.04. The summed E-state index contributed by atoms with van der Waals surface area (Å²) < 4.78 is 10.7. The highest BCUT2D eigenvalue weighted by atomic mass is 16.6. The van der Waals surface area contributed by atoms with E-state index in [1.54, 1.807) is 6.20 Å². The number of hydrogen-bond acceptors (Lipinski definition) is 5. The molecule has 0 radical (unpaired) electrons. The third kappa shape index (κ3) is 2.65. The third-order valence-electron chi connectivity index (χ3n) is 1.98. The van der Waals surface area contributed by atoms with Gasteiger partial charge < -0.3 is 14.8 Å². The SMILES string of the molecule is c1cc(NCC2COCCO2)ncn1. The molecule has 1 saturated heterocycles. The van der Waals surface area contributed by atoms with Crippen LogP contribution in [0.25, 0.3) is 0 Å². The Bertz CT molecular complexity index is 262. The lowest BCUT2D eigenvalue weighted by Crippen LogP contribution is -2.34. The molecular formula is C9H13N3O2. The molecule has 2 heterocycles. The van der Waals surface area contributed by atoms with Crippen LogP contribution < -0.4 is 5.32 Å². The van der Waals surface area contributed by atoms with E-state index < -0.39 is 0 Å². The molecule has 1 unspecified atom stereocenters. The van der Waals surface area contributed by atoms with Crippen molar-refractivity contribution in [2.75, 3.05) is 31.7 Å². The Morgan fingerprint density at radius 1 is 1.50 bits per heavy atom. The number of aromatic nitrogens is 2. The quantitative estimate of drug-likeness (QED) is 0.752. The summed E-state index contributed by atoms with van der Waals surface area (Å²) >= 11 is 0. The van der Waals surface area contributed by atoms with Crippen molar-refractivity contribution < 1.29 is 9.47 Å². The minimum atomic E-state index is 0.124. The summed E-state index contributed by atoms with van der Waals surface area (Å²) in [7, 11) is 0. The van der Waals surface area contributed by atoms with E-state index in [1.807, 2.05) is 6.07 Å². The van der Waals surface area contributed by atoms with E-state index in [9.17, 15) is 0 Å². The van der Waals surface area contributed by atoms with Crippen LogP contribution >= 0.6 is 0 Å². The summed E-state index contributed by atoms with van der Waals surface area (Å²) in [4.78, 5) is 7.88. The summed E-state index contributed by atoms with van der Waals surface area (Å²) in [6.45, 7) is 2.75. The predicted octanol–water partition coefficient (Wildman–Crippen LogP) is 0.304. The van der Waals surface area contributed by atoms with Gasteiger partial charge in [-0.3, -0.25) is 0 Å². The van der Waals surface area contributed by atoms with Crippen molar-refractivity contribution in [2.45, 2.75) is 6.10 Å². The molecule has 1 aliphatic rings. The number of nitrogens with one attached hydrogen (secondary N) is 1. The minimum Gasteiger partial charge on any atom is -0.376 e. The zero-order valence-electron chi connectivity index (χ0n) is 7.85. The number of rotatable bonds is 3. The number of hydrogen-bond donors (Lipinski definition) is 1. The standard InChI is InChI=1S/C9H13N3O2/c1-2-10-7-12-9(1)11-5-8-6-13-3-4-14-8/h1-2,7-8H,3-6H2,(H,10,11,12). The van der Waals surface area contributed by atoms with Crippen LogP contribution in [0, 0.1) is 0 Å². The van der Waals surface area contributed by atoms with Gasteiger partial charge in [-0.1, -0.05) is 0 Å². The van der Waals surface area contributed by atoms with Crippen LogP contribution in [-0.4, -0.2) is 42.4 Å². The Morgan fingerprint density at radius 3 is 3.21 bits per heavy atom. The first-order chi connectivity index (χ1) is 6.95. The lowest BCUT2D eigenvalue weighted by molar-refractivity contribution is -0.0819. The van der Waals surface area contributed by atoms with Crippen molar-refractivity contribution in [3.8, 4) is 0 Å². The van der Waals surface area contributed by atoms with Gasteiger partial charge in [0.05, 0.1) is 25.9 Å². The van der Waals surface area contributed by atoms with Crippen molar-refractivity contribution >= 4 is 5.82 Å². The van der Waals surface area contributed by atoms with E-state index >= 15 is 0 Å². The maximum absolute atomic E-state index is 5.47. The van der Waals surface area contributed by atoms with Gasteiger partial charge >= 0.3 is 0 Å². The second kappa shape index (κ2) is 4.88. The first-order valence-corrected chi connectivity index (χ1v) is 4.64. The van der Waals surface area contributed by atoms with Gasteiger partial charge in [0.15, 0.2) is 0 Å². The molecule has 5 heteroatoms. The smallest absolute Gasteiger partial charge is 0.129 e. The maximum Gasteiger partial charge on any atom is 0.129 e. The van der Waals surface area contributed by atoms with E-state index in [1.165, 1.54) is 6.33 Å². The van der Waals surface area contributed by atoms with Crippen molar-refractivity contribution in [2.24, 2.45) is 0 Å². The molecule has 1 N–H and O–H groups in total. The molecule has 1 aromatic rings. The molecule has 0 bridgehead atoms. The average Bonchev–Trinajstić information content (AvgIpc) is 2.29. The molecule has 0 aromatic carbocycles. The third-order valence-corrected chi connectivity index (χ3v) is 1.98. The van der Waals surface area contributed by atoms with Crippen LogP contribution in [0.3, 0.4) is 0 Å². The maximum atomic E-state index is 5.47. The zero-order chi connectivity index (χ0) is 9.64. The van der Waals surface area contributed by atoms with E-state index in [4.69, 9.17) is 9.47 Å². The molecule has 0 amide bonds. The van der Waals surface area contributed by atoms with Gasteiger partial charge in [0, 0.05) is 12.7 Å². The first kappa shape index (κ1) is 9.36. The van der Waals surface area contributed by atoms with Crippen molar-refractivity contribution in [3.63, 3.8) is 0 Å².